The van der Waals surface area contributed by atoms with Crippen LogP contribution in [0.1, 0.15) is 28.4 Å². The lowest BCUT2D eigenvalue weighted by Crippen LogP contribution is -2.08. The van der Waals surface area contributed by atoms with E-state index in [1.165, 1.54) is 12.1 Å². The number of rotatable bonds is 2. The van der Waals surface area contributed by atoms with E-state index in [1.807, 2.05) is 0 Å². The molecule has 0 spiro atoms. The zero-order valence-corrected chi connectivity index (χ0v) is 10.5. The van der Waals surface area contributed by atoms with E-state index in [-0.39, 0.29) is 11.1 Å². The van der Waals surface area contributed by atoms with Crippen molar-refractivity contribution >= 4 is 0 Å². The molecule has 0 amide bonds. The first-order valence-electron chi connectivity index (χ1n) is 5.77. The predicted octanol–water partition coefficient (Wildman–Crippen LogP) is 3.37. The standard InChI is InChI=1S/C15H10F3NO/c1-8-2-3-10(11(16)4-8)15(20)14-12(17)5-9(7-19)6-13(14)18/h2-6,15,20H,1H3/t15-/m0/s1. The average Bonchev–Trinajstić information content (AvgIpc) is 2.37. The van der Waals surface area contributed by atoms with Crippen molar-refractivity contribution in [3.8, 4) is 6.07 Å². The summed E-state index contributed by atoms with van der Waals surface area (Å²) in [5.74, 6) is -2.93. The molecule has 0 aromatic heterocycles. The number of aryl methyl sites for hydroxylation is 1. The number of aliphatic hydroxyl groups is 1. The number of aliphatic hydroxyl groups excluding tert-OH is 1. The normalized spacial score (nSPS) is 12.0. The van der Waals surface area contributed by atoms with Crippen LogP contribution in [-0.4, -0.2) is 5.11 Å². The fraction of sp³-hybridized carbons (Fsp3) is 0.133. The Hall–Kier alpha value is -2.32. The Morgan fingerprint density at radius 2 is 1.65 bits per heavy atom. The highest BCUT2D eigenvalue weighted by molar-refractivity contribution is 5.39. The molecule has 1 N–H and O–H groups in total. The first-order chi connectivity index (χ1) is 9.43. The molecule has 0 saturated heterocycles. The van der Waals surface area contributed by atoms with Crippen LogP contribution in [0.2, 0.25) is 0 Å². The Morgan fingerprint density at radius 3 is 2.15 bits per heavy atom. The highest BCUT2D eigenvalue weighted by atomic mass is 19.1. The van der Waals surface area contributed by atoms with Gasteiger partial charge in [0.15, 0.2) is 0 Å². The van der Waals surface area contributed by atoms with Gasteiger partial charge in [-0.2, -0.15) is 5.26 Å². The molecule has 0 saturated carbocycles. The molecule has 20 heavy (non-hydrogen) atoms. The van der Waals surface area contributed by atoms with Gasteiger partial charge in [-0.05, 0) is 30.7 Å². The molecule has 2 rings (SSSR count). The number of hydrogen-bond acceptors (Lipinski definition) is 2. The topological polar surface area (TPSA) is 44.0 Å². The first-order valence-corrected chi connectivity index (χ1v) is 5.77. The van der Waals surface area contributed by atoms with Gasteiger partial charge in [0.05, 0.1) is 17.2 Å². The summed E-state index contributed by atoms with van der Waals surface area (Å²) in [6.07, 6.45) is -1.77. The van der Waals surface area contributed by atoms with Crippen LogP contribution in [0.3, 0.4) is 0 Å². The summed E-state index contributed by atoms with van der Waals surface area (Å²) in [6, 6.07) is 7.16. The third-order valence-corrected chi connectivity index (χ3v) is 2.93. The zero-order chi connectivity index (χ0) is 14.9. The number of nitriles is 1. The number of benzene rings is 2. The molecular weight excluding hydrogens is 267 g/mol. The SMILES string of the molecule is Cc1ccc([C@H](O)c2c(F)cc(C#N)cc2F)c(F)c1. The van der Waals surface area contributed by atoms with E-state index in [9.17, 15) is 18.3 Å². The minimum Gasteiger partial charge on any atom is -0.383 e. The summed E-state index contributed by atoms with van der Waals surface area (Å²) < 4.78 is 41.3. The molecule has 0 fully saturated rings. The maximum atomic E-state index is 13.8. The van der Waals surface area contributed by atoms with E-state index < -0.39 is 29.1 Å². The van der Waals surface area contributed by atoms with E-state index in [0.29, 0.717) is 5.56 Å². The van der Waals surface area contributed by atoms with Crippen LogP contribution >= 0.6 is 0 Å². The van der Waals surface area contributed by atoms with Gasteiger partial charge in [-0.25, -0.2) is 13.2 Å². The minimum atomic E-state index is -1.77. The van der Waals surface area contributed by atoms with Crippen molar-refractivity contribution < 1.29 is 18.3 Å². The lowest BCUT2D eigenvalue weighted by molar-refractivity contribution is 0.204. The molecule has 5 heteroatoms. The Morgan fingerprint density at radius 1 is 1.05 bits per heavy atom. The van der Waals surface area contributed by atoms with Gasteiger partial charge in [-0.15, -0.1) is 0 Å². The Bertz CT molecular complexity index is 684. The van der Waals surface area contributed by atoms with Gasteiger partial charge in [0.2, 0.25) is 0 Å². The molecule has 0 aliphatic heterocycles. The van der Waals surface area contributed by atoms with E-state index in [0.717, 1.165) is 18.2 Å². The van der Waals surface area contributed by atoms with Crippen molar-refractivity contribution in [1.29, 1.82) is 5.26 Å². The van der Waals surface area contributed by atoms with Gasteiger partial charge in [-0.1, -0.05) is 12.1 Å². The molecule has 0 bridgehead atoms. The van der Waals surface area contributed by atoms with Crippen LogP contribution in [0, 0.1) is 35.7 Å². The van der Waals surface area contributed by atoms with E-state index in [4.69, 9.17) is 5.26 Å². The molecular formula is C15H10F3NO. The van der Waals surface area contributed by atoms with Crippen molar-refractivity contribution in [2.45, 2.75) is 13.0 Å². The number of hydrogen-bond donors (Lipinski definition) is 1. The van der Waals surface area contributed by atoms with E-state index in [2.05, 4.69) is 0 Å². The van der Waals surface area contributed by atoms with E-state index in [1.54, 1.807) is 13.0 Å². The molecule has 2 aromatic rings. The molecule has 2 aromatic carbocycles. The van der Waals surface area contributed by atoms with Crippen LogP contribution in [0.5, 0.6) is 0 Å². The van der Waals surface area contributed by atoms with Crippen molar-refractivity contribution in [3.63, 3.8) is 0 Å². The number of halogens is 3. The molecule has 0 heterocycles. The highest BCUT2D eigenvalue weighted by Gasteiger charge is 2.23. The number of nitrogens with zero attached hydrogens (tertiary/aromatic N) is 1. The van der Waals surface area contributed by atoms with Crippen LogP contribution in [0.4, 0.5) is 13.2 Å². The monoisotopic (exact) mass is 277 g/mol. The summed E-state index contributed by atoms with van der Waals surface area (Å²) in [5.41, 5.74) is -0.482. The largest absolute Gasteiger partial charge is 0.383 e. The van der Waals surface area contributed by atoms with Crippen LogP contribution in [0.25, 0.3) is 0 Å². The molecule has 0 aliphatic rings. The summed E-state index contributed by atoms with van der Waals surface area (Å²) in [4.78, 5) is 0. The van der Waals surface area contributed by atoms with E-state index >= 15 is 0 Å². The third kappa shape index (κ3) is 2.51. The van der Waals surface area contributed by atoms with Crippen molar-refractivity contribution in [2.75, 3.05) is 0 Å². The van der Waals surface area contributed by atoms with Gasteiger partial charge in [0.1, 0.15) is 23.6 Å². The maximum Gasteiger partial charge on any atom is 0.133 e. The Balaban J connectivity index is 2.54. The van der Waals surface area contributed by atoms with Crippen molar-refractivity contribution in [1.82, 2.24) is 0 Å². The van der Waals surface area contributed by atoms with Gasteiger partial charge in [0, 0.05) is 5.56 Å². The van der Waals surface area contributed by atoms with Crippen molar-refractivity contribution in [3.05, 3.63) is 70.0 Å². The Kier molecular flexibility index (Phi) is 3.77. The molecule has 1 atom stereocenters. The summed E-state index contributed by atoms with van der Waals surface area (Å²) in [5, 5.41) is 18.6. The Labute approximate surface area is 113 Å². The second-order valence-electron chi connectivity index (χ2n) is 4.39. The van der Waals surface area contributed by atoms with Gasteiger partial charge < -0.3 is 5.11 Å². The lowest BCUT2D eigenvalue weighted by Gasteiger charge is -2.14. The zero-order valence-electron chi connectivity index (χ0n) is 10.5. The second-order valence-corrected chi connectivity index (χ2v) is 4.39. The molecule has 0 aliphatic carbocycles. The summed E-state index contributed by atoms with van der Waals surface area (Å²) >= 11 is 0. The van der Waals surface area contributed by atoms with Crippen LogP contribution < -0.4 is 0 Å². The maximum absolute atomic E-state index is 13.8. The predicted molar refractivity (Wildman–Crippen MR) is 66.3 cm³/mol. The molecule has 102 valence electrons. The summed E-state index contributed by atoms with van der Waals surface area (Å²) in [6.45, 7) is 1.65. The first kappa shape index (κ1) is 14.1. The van der Waals surface area contributed by atoms with Crippen LogP contribution in [-0.2, 0) is 0 Å². The average molecular weight is 277 g/mol. The fourth-order valence-electron chi connectivity index (χ4n) is 1.92. The molecule has 0 unspecified atom stereocenters. The van der Waals surface area contributed by atoms with Gasteiger partial charge >= 0.3 is 0 Å². The fourth-order valence-corrected chi connectivity index (χ4v) is 1.92. The van der Waals surface area contributed by atoms with Gasteiger partial charge in [-0.3, -0.25) is 0 Å². The van der Waals surface area contributed by atoms with Crippen molar-refractivity contribution in [2.24, 2.45) is 0 Å². The summed E-state index contributed by atoms with van der Waals surface area (Å²) in [7, 11) is 0. The molecule has 2 nitrogen and oxygen atoms in total. The lowest BCUT2D eigenvalue weighted by atomic mass is 9.98. The highest BCUT2D eigenvalue weighted by Crippen LogP contribution is 2.29. The quantitative estimate of drug-likeness (QED) is 0.914. The smallest absolute Gasteiger partial charge is 0.133 e. The van der Waals surface area contributed by atoms with Gasteiger partial charge in [0.25, 0.3) is 0 Å². The van der Waals surface area contributed by atoms with Crippen LogP contribution in [0.15, 0.2) is 30.3 Å². The minimum absolute atomic E-state index is 0.208. The molecule has 0 radical (unpaired) electrons. The third-order valence-electron chi connectivity index (χ3n) is 2.93. The second kappa shape index (κ2) is 5.35.